The molecule has 2 aromatic heterocycles. The maximum atomic E-state index is 12.3. The fourth-order valence-corrected chi connectivity index (χ4v) is 3.04. The zero-order valence-corrected chi connectivity index (χ0v) is 16.9. The number of nitrogens with zero attached hydrogens (tertiary/aromatic N) is 3. The van der Waals surface area contributed by atoms with Gasteiger partial charge >= 0.3 is 6.03 Å². The van der Waals surface area contributed by atoms with Gasteiger partial charge in [0.15, 0.2) is 0 Å². The van der Waals surface area contributed by atoms with E-state index in [0.29, 0.717) is 38.8 Å². The van der Waals surface area contributed by atoms with Gasteiger partial charge in [0.25, 0.3) is 0 Å². The molecule has 29 heavy (non-hydrogen) atoms. The molecule has 156 valence electrons. The van der Waals surface area contributed by atoms with E-state index in [1.807, 2.05) is 24.3 Å². The molecule has 2 amide bonds. The van der Waals surface area contributed by atoms with Crippen LogP contribution in [-0.4, -0.2) is 48.9 Å². The quantitative estimate of drug-likeness (QED) is 0.630. The van der Waals surface area contributed by atoms with Gasteiger partial charge in [0, 0.05) is 49.7 Å². The van der Waals surface area contributed by atoms with Crippen LogP contribution in [0.4, 0.5) is 10.6 Å². The van der Waals surface area contributed by atoms with E-state index in [2.05, 4.69) is 32.4 Å². The van der Waals surface area contributed by atoms with Crippen molar-refractivity contribution in [3.8, 4) is 5.88 Å². The summed E-state index contributed by atoms with van der Waals surface area (Å²) in [6, 6.07) is 7.37. The molecule has 1 fully saturated rings. The normalized spacial score (nSPS) is 13.8. The molecule has 0 saturated carbocycles. The SMILES string of the molecule is CCCCOc1ncccc1CNC(=O)NCc1cccnc1N1CCOCC1. The monoisotopic (exact) mass is 399 g/mol. The Balaban J connectivity index is 1.51. The minimum Gasteiger partial charge on any atom is -0.477 e. The van der Waals surface area contributed by atoms with Crippen LogP contribution in [0.5, 0.6) is 5.88 Å². The second-order valence-electron chi connectivity index (χ2n) is 6.79. The van der Waals surface area contributed by atoms with Gasteiger partial charge in [-0.25, -0.2) is 14.8 Å². The van der Waals surface area contributed by atoms with E-state index < -0.39 is 0 Å². The van der Waals surface area contributed by atoms with Crippen LogP contribution >= 0.6 is 0 Å². The number of anilines is 1. The number of amides is 2. The average molecular weight is 399 g/mol. The summed E-state index contributed by atoms with van der Waals surface area (Å²) in [5.74, 6) is 1.47. The summed E-state index contributed by atoms with van der Waals surface area (Å²) >= 11 is 0. The molecule has 1 aliphatic heterocycles. The zero-order chi connectivity index (χ0) is 20.3. The fourth-order valence-electron chi connectivity index (χ4n) is 3.04. The topological polar surface area (TPSA) is 88.6 Å². The van der Waals surface area contributed by atoms with E-state index in [0.717, 1.165) is 42.9 Å². The molecule has 0 atom stereocenters. The van der Waals surface area contributed by atoms with Gasteiger partial charge in [-0.2, -0.15) is 0 Å². The Morgan fingerprint density at radius 1 is 1.10 bits per heavy atom. The summed E-state index contributed by atoms with van der Waals surface area (Å²) in [4.78, 5) is 23.3. The van der Waals surface area contributed by atoms with Crippen LogP contribution in [0.1, 0.15) is 30.9 Å². The van der Waals surface area contributed by atoms with Crippen molar-refractivity contribution in [2.75, 3.05) is 37.8 Å². The van der Waals surface area contributed by atoms with E-state index in [9.17, 15) is 4.79 Å². The number of ether oxygens (including phenoxy) is 2. The van der Waals surface area contributed by atoms with Crippen LogP contribution in [-0.2, 0) is 17.8 Å². The Bertz CT molecular complexity index is 780. The van der Waals surface area contributed by atoms with Gasteiger partial charge in [-0.15, -0.1) is 0 Å². The lowest BCUT2D eigenvalue weighted by Crippen LogP contribution is -2.38. The zero-order valence-electron chi connectivity index (χ0n) is 16.9. The molecular formula is C21H29N5O3. The van der Waals surface area contributed by atoms with Crippen LogP contribution in [0.2, 0.25) is 0 Å². The van der Waals surface area contributed by atoms with Gasteiger partial charge in [-0.05, 0) is 18.6 Å². The third kappa shape index (κ3) is 6.32. The van der Waals surface area contributed by atoms with E-state index in [1.165, 1.54) is 0 Å². The highest BCUT2D eigenvalue weighted by molar-refractivity contribution is 5.74. The van der Waals surface area contributed by atoms with Crippen molar-refractivity contribution in [3.05, 3.63) is 47.8 Å². The van der Waals surface area contributed by atoms with Crippen LogP contribution < -0.4 is 20.3 Å². The summed E-state index contributed by atoms with van der Waals surface area (Å²) in [5, 5.41) is 5.79. The van der Waals surface area contributed by atoms with Gasteiger partial charge in [0.05, 0.1) is 19.8 Å². The van der Waals surface area contributed by atoms with Crippen molar-refractivity contribution in [2.24, 2.45) is 0 Å². The lowest BCUT2D eigenvalue weighted by molar-refractivity contribution is 0.122. The number of urea groups is 1. The smallest absolute Gasteiger partial charge is 0.315 e. The van der Waals surface area contributed by atoms with Crippen LogP contribution in [0.25, 0.3) is 0 Å². The first-order chi connectivity index (χ1) is 14.3. The van der Waals surface area contributed by atoms with Crippen molar-refractivity contribution in [1.29, 1.82) is 0 Å². The number of rotatable bonds is 9. The molecule has 8 nitrogen and oxygen atoms in total. The first-order valence-electron chi connectivity index (χ1n) is 10.1. The molecule has 1 aliphatic rings. The van der Waals surface area contributed by atoms with E-state index in [4.69, 9.17) is 9.47 Å². The molecule has 3 heterocycles. The van der Waals surface area contributed by atoms with Gasteiger partial charge in [-0.1, -0.05) is 25.5 Å². The van der Waals surface area contributed by atoms with Crippen LogP contribution in [0, 0.1) is 0 Å². The van der Waals surface area contributed by atoms with Gasteiger partial charge < -0.3 is 25.0 Å². The number of hydrogen-bond donors (Lipinski definition) is 2. The summed E-state index contributed by atoms with van der Waals surface area (Å²) < 4.78 is 11.1. The molecule has 0 aliphatic carbocycles. The van der Waals surface area contributed by atoms with E-state index in [-0.39, 0.29) is 6.03 Å². The Kier molecular flexibility index (Phi) is 8.06. The lowest BCUT2D eigenvalue weighted by atomic mass is 10.2. The standard InChI is InChI=1S/C21H29N5O3/c1-2-3-12-29-20-18(7-5-9-23-20)16-25-21(27)24-15-17-6-4-8-22-19(17)26-10-13-28-14-11-26/h4-9H,2-3,10-16H2,1H3,(H2,24,25,27). The average Bonchev–Trinajstić information content (AvgIpc) is 2.78. The number of carbonyl (C=O) groups is 1. The molecule has 0 unspecified atom stereocenters. The molecular weight excluding hydrogens is 370 g/mol. The molecule has 2 aromatic rings. The predicted molar refractivity (Wildman–Crippen MR) is 111 cm³/mol. The molecule has 0 aromatic carbocycles. The summed E-state index contributed by atoms with van der Waals surface area (Å²) in [6.45, 7) is 6.48. The Labute approximate surface area is 171 Å². The first-order valence-corrected chi connectivity index (χ1v) is 10.1. The minimum atomic E-state index is -0.245. The summed E-state index contributed by atoms with van der Waals surface area (Å²) in [6.07, 6.45) is 5.50. The molecule has 2 N–H and O–H groups in total. The first kappa shape index (κ1) is 20.9. The molecule has 1 saturated heterocycles. The van der Waals surface area contributed by atoms with Gasteiger partial charge in [0.1, 0.15) is 5.82 Å². The van der Waals surface area contributed by atoms with Crippen molar-refractivity contribution in [3.63, 3.8) is 0 Å². The van der Waals surface area contributed by atoms with E-state index >= 15 is 0 Å². The van der Waals surface area contributed by atoms with Crippen LogP contribution in [0.15, 0.2) is 36.7 Å². The second kappa shape index (κ2) is 11.2. The summed E-state index contributed by atoms with van der Waals surface area (Å²) in [7, 11) is 0. The van der Waals surface area contributed by atoms with E-state index in [1.54, 1.807) is 12.4 Å². The summed E-state index contributed by atoms with van der Waals surface area (Å²) in [5.41, 5.74) is 1.84. The van der Waals surface area contributed by atoms with Gasteiger partial charge in [-0.3, -0.25) is 0 Å². The Morgan fingerprint density at radius 3 is 2.55 bits per heavy atom. The second-order valence-corrected chi connectivity index (χ2v) is 6.79. The number of morpholine rings is 1. The Hall–Kier alpha value is -2.87. The highest BCUT2D eigenvalue weighted by atomic mass is 16.5. The maximum absolute atomic E-state index is 12.3. The fraction of sp³-hybridized carbons (Fsp3) is 0.476. The lowest BCUT2D eigenvalue weighted by Gasteiger charge is -2.29. The molecule has 0 bridgehead atoms. The number of carbonyl (C=O) groups excluding carboxylic acids is 1. The van der Waals surface area contributed by atoms with Crippen LogP contribution in [0.3, 0.4) is 0 Å². The van der Waals surface area contributed by atoms with Gasteiger partial charge in [0.2, 0.25) is 5.88 Å². The number of hydrogen-bond acceptors (Lipinski definition) is 6. The highest BCUT2D eigenvalue weighted by Gasteiger charge is 2.16. The molecule has 0 spiro atoms. The minimum absolute atomic E-state index is 0.245. The van der Waals surface area contributed by atoms with Crippen molar-refractivity contribution in [2.45, 2.75) is 32.9 Å². The van der Waals surface area contributed by atoms with Crippen molar-refractivity contribution in [1.82, 2.24) is 20.6 Å². The Morgan fingerprint density at radius 2 is 1.79 bits per heavy atom. The predicted octanol–water partition coefficient (Wildman–Crippen LogP) is 2.49. The number of nitrogens with one attached hydrogen (secondary N) is 2. The highest BCUT2D eigenvalue weighted by Crippen LogP contribution is 2.18. The largest absolute Gasteiger partial charge is 0.477 e. The molecule has 8 heteroatoms. The molecule has 3 rings (SSSR count). The molecule has 0 radical (unpaired) electrons. The van der Waals surface area contributed by atoms with Crippen molar-refractivity contribution < 1.29 is 14.3 Å². The van der Waals surface area contributed by atoms with Crippen molar-refractivity contribution >= 4 is 11.8 Å². The third-order valence-corrected chi connectivity index (χ3v) is 4.64. The number of aromatic nitrogens is 2. The number of pyridine rings is 2. The number of unbranched alkanes of at least 4 members (excludes halogenated alkanes) is 1. The third-order valence-electron chi connectivity index (χ3n) is 4.64. The maximum Gasteiger partial charge on any atom is 0.315 e.